The number of halogens is 3. The summed E-state index contributed by atoms with van der Waals surface area (Å²) in [5.41, 5.74) is 1.57. The zero-order valence-corrected chi connectivity index (χ0v) is 10.8. The van der Waals surface area contributed by atoms with E-state index in [1.54, 1.807) is 6.07 Å². The van der Waals surface area contributed by atoms with E-state index in [0.29, 0.717) is 15.9 Å². The van der Waals surface area contributed by atoms with Gasteiger partial charge in [0.25, 0.3) is 0 Å². The highest BCUT2D eigenvalue weighted by atomic mass is 79.9. The van der Waals surface area contributed by atoms with E-state index in [1.165, 1.54) is 0 Å². The maximum Gasteiger partial charge on any atom is 0.174 e. The Kier molecular flexibility index (Phi) is 3.95. The Morgan fingerprint density at radius 2 is 2.15 bits per heavy atom. The maximum atomic E-state index is 11.4. The molecule has 0 aliphatic carbocycles. The van der Waals surface area contributed by atoms with Crippen LogP contribution in [0.5, 0.6) is 0 Å². The van der Waals surface area contributed by atoms with Gasteiger partial charge < -0.3 is 0 Å². The molecule has 13 heavy (non-hydrogen) atoms. The van der Waals surface area contributed by atoms with E-state index in [9.17, 15) is 4.79 Å². The van der Waals surface area contributed by atoms with Crippen molar-refractivity contribution in [2.45, 2.75) is 6.92 Å². The van der Waals surface area contributed by atoms with Crippen molar-refractivity contribution in [3.63, 3.8) is 0 Å². The molecule has 0 aromatic heterocycles. The topological polar surface area (TPSA) is 17.1 Å². The lowest BCUT2D eigenvalue weighted by Crippen LogP contribution is -2.01. The zero-order valence-electron chi connectivity index (χ0n) is 6.90. The number of rotatable bonds is 2. The standard InChI is InChI=1S/C9H7Br2ClO/c1-5-2-6(8(13)4-10)9(12)7(11)3-5/h2-3H,4H2,1H3. The minimum Gasteiger partial charge on any atom is -0.293 e. The van der Waals surface area contributed by atoms with Crippen LogP contribution < -0.4 is 0 Å². The summed E-state index contributed by atoms with van der Waals surface area (Å²) >= 11 is 12.4. The fourth-order valence-electron chi connectivity index (χ4n) is 0.999. The van der Waals surface area contributed by atoms with Gasteiger partial charge in [-0.15, -0.1) is 0 Å². The summed E-state index contributed by atoms with van der Waals surface area (Å²) < 4.78 is 0.762. The molecule has 0 amide bonds. The lowest BCUT2D eigenvalue weighted by molar-refractivity contribution is 0.102. The molecule has 0 aliphatic heterocycles. The number of aryl methyl sites for hydroxylation is 1. The highest BCUT2D eigenvalue weighted by molar-refractivity contribution is 9.10. The molecule has 0 heterocycles. The third-order valence-corrected chi connectivity index (χ3v) is 3.36. The van der Waals surface area contributed by atoms with Crippen LogP contribution >= 0.6 is 43.5 Å². The second-order valence-electron chi connectivity index (χ2n) is 2.67. The molecular formula is C9H7Br2ClO. The monoisotopic (exact) mass is 324 g/mol. The minimum atomic E-state index is -0.00519. The van der Waals surface area contributed by atoms with Gasteiger partial charge in [0.2, 0.25) is 0 Å². The van der Waals surface area contributed by atoms with Gasteiger partial charge in [-0.1, -0.05) is 27.5 Å². The number of carbonyl (C=O) groups excluding carboxylic acids is 1. The Balaban J connectivity index is 3.28. The molecule has 0 atom stereocenters. The van der Waals surface area contributed by atoms with Gasteiger partial charge in [0.15, 0.2) is 5.78 Å². The Hall–Kier alpha value is 0.140. The molecule has 4 heteroatoms. The third kappa shape index (κ3) is 2.55. The largest absolute Gasteiger partial charge is 0.293 e. The maximum absolute atomic E-state index is 11.4. The Labute approximate surface area is 98.7 Å². The van der Waals surface area contributed by atoms with E-state index in [-0.39, 0.29) is 5.78 Å². The van der Waals surface area contributed by atoms with Gasteiger partial charge in [-0.3, -0.25) is 4.79 Å². The number of Topliss-reactive ketones (excluding diaryl/α,β-unsaturated/α-hetero) is 1. The van der Waals surface area contributed by atoms with Gasteiger partial charge in [-0.25, -0.2) is 0 Å². The number of alkyl halides is 1. The molecule has 0 unspecified atom stereocenters. The van der Waals surface area contributed by atoms with Crippen molar-refractivity contribution < 1.29 is 4.79 Å². The quantitative estimate of drug-likeness (QED) is 0.593. The van der Waals surface area contributed by atoms with Crippen molar-refractivity contribution in [3.05, 3.63) is 32.8 Å². The normalized spacial score (nSPS) is 10.2. The molecule has 1 aromatic carbocycles. The molecule has 0 fully saturated rings. The van der Waals surface area contributed by atoms with E-state index < -0.39 is 0 Å². The van der Waals surface area contributed by atoms with Gasteiger partial charge in [0.05, 0.1) is 10.4 Å². The summed E-state index contributed by atoms with van der Waals surface area (Å²) in [6.07, 6.45) is 0. The highest BCUT2D eigenvalue weighted by Gasteiger charge is 2.11. The number of hydrogen-bond acceptors (Lipinski definition) is 1. The van der Waals surface area contributed by atoms with Crippen LogP contribution in [0, 0.1) is 6.92 Å². The van der Waals surface area contributed by atoms with E-state index in [2.05, 4.69) is 31.9 Å². The smallest absolute Gasteiger partial charge is 0.174 e. The van der Waals surface area contributed by atoms with Crippen LogP contribution in [0.4, 0.5) is 0 Å². The molecular weight excluding hydrogens is 319 g/mol. The van der Waals surface area contributed by atoms with E-state index in [1.807, 2.05) is 13.0 Å². The average molecular weight is 326 g/mol. The van der Waals surface area contributed by atoms with Gasteiger partial charge in [-0.2, -0.15) is 0 Å². The summed E-state index contributed by atoms with van der Waals surface area (Å²) in [7, 11) is 0. The molecule has 0 saturated carbocycles. The number of carbonyl (C=O) groups is 1. The zero-order chi connectivity index (χ0) is 10.0. The van der Waals surface area contributed by atoms with Gasteiger partial charge in [0, 0.05) is 10.0 Å². The fourth-order valence-corrected chi connectivity index (χ4v) is 2.09. The van der Waals surface area contributed by atoms with E-state index >= 15 is 0 Å². The Morgan fingerprint density at radius 1 is 1.54 bits per heavy atom. The van der Waals surface area contributed by atoms with Crippen LogP contribution in [0.25, 0.3) is 0 Å². The third-order valence-electron chi connectivity index (χ3n) is 1.59. The summed E-state index contributed by atoms with van der Waals surface area (Å²) in [5, 5.41) is 0.776. The summed E-state index contributed by atoms with van der Waals surface area (Å²) in [5.74, 6) is -0.00519. The van der Waals surface area contributed by atoms with Crippen LogP contribution in [-0.2, 0) is 0 Å². The second kappa shape index (κ2) is 4.58. The lowest BCUT2D eigenvalue weighted by atomic mass is 10.1. The molecule has 0 spiro atoms. The molecule has 0 N–H and O–H groups in total. The molecule has 0 bridgehead atoms. The molecule has 1 rings (SSSR count). The van der Waals surface area contributed by atoms with E-state index in [4.69, 9.17) is 11.6 Å². The van der Waals surface area contributed by atoms with Crippen molar-refractivity contribution in [2.75, 3.05) is 5.33 Å². The fraction of sp³-hybridized carbons (Fsp3) is 0.222. The van der Waals surface area contributed by atoms with Crippen LogP contribution in [-0.4, -0.2) is 11.1 Å². The van der Waals surface area contributed by atoms with Gasteiger partial charge >= 0.3 is 0 Å². The first-order valence-corrected chi connectivity index (χ1v) is 5.90. The van der Waals surface area contributed by atoms with Crippen molar-refractivity contribution in [2.24, 2.45) is 0 Å². The highest BCUT2D eigenvalue weighted by Crippen LogP contribution is 2.28. The SMILES string of the molecule is Cc1cc(Br)c(Cl)c(C(=O)CBr)c1. The first-order valence-electron chi connectivity index (χ1n) is 3.61. The van der Waals surface area contributed by atoms with Crippen LogP contribution in [0.15, 0.2) is 16.6 Å². The van der Waals surface area contributed by atoms with E-state index in [0.717, 1.165) is 10.0 Å². The molecule has 70 valence electrons. The van der Waals surface area contributed by atoms with Crippen molar-refractivity contribution in [1.82, 2.24) is 0 Å². The lowest BCUT2D eigenvalue weighted by Gasteiger charge is -2.04. The van der Waals surface area contributed by atoms with Crippen molar-refractivity contribution in [1.29, 1.82) is 0 Å². The summed E-state index contributed by atoms with van der Waals surface area (Å²) in [6, 6.07) is 3.67. The number of ketones is 1. The van der Waals surface area contributed by atoms with Crippen LogP contribution in [0.3, 0.4) is 0 Å². The molecule has 0 aliphatic rings. The van der Waals surface area contributed by atoms with Crippen molar-refractivity contribution >= 4 is 49.2 Å². The minimum absolute atomic E-state index is 0.00519. The first-order chi connectivity index (χ1) is 6.06. The molecule has 1 nitrogen and oxygen atoms in total. The predicted octanol–water partition coefficient (Wildman–Crippen LogP) is 3.99. The van der Waals surface area contributed by atoms with Crippen molar-refractivity contribution in [3.8, 4) is 0 Å². The average Bonchev–Trinajstić information content (AvgIpc) is 2.10. The second-order valence-corrected chi connectivity index (χ2v) is 4.46. The molecule has 0 radical (unpaired) electrons. The van der Waals surface area contributed by atoms with Gasteiger partial charge in [0.1, 0.15) is 0 Å². The van der Waals surface area contributed by atoms with Gasteiger partial charge in [-0.05, 0) is 40.5 Å². The molecule has 0 saturated heterocycles. The number of hydrogen-bond donors (Lipinski definition) is 0. The first kappa shape index (κ1) is 11.2. The predicted molar refractivity (Wildman–Crippen MR) is 62.0 cm³/mol. The molecule has 1 aromatic rings. The summed E-state index contributed by atoms with van der Waals surface area (Å²) in [6.45, 7) is 1.92. The van der Waals surface area contributed by atoms with Crippen LogP contribution in [0.2, 0.25) is 5.02 Å². The number of benzene rings is 1. The summed E-state index contributed by atoms with van der Waals surface area (Å²) in [4.78, 5) is 11.4. The van der Waals surface area contributed by atoms with Crippen LogP contribution in [0.1, 0.15) is 15.9 Å². The Morgan fingerprint density at radius 3 is 2.69 bits per heavy atom. The Bertz CT molecular complexity index is 350.